The molecule has 1 aromatic heterocycles. The van der Waals surface area contributed by atoms with Gasteiger partial charge in [0.1, 0.15) is 0 Å². The maximum absolute atomic E-state index is 11.0. The van der Waals surface area contributed by atoms with Gasteiger partial charge in [0.15, 0.2) is 6.29 Å². The van der Waals surface area contributed by atoms with Crippen molar-refractivity contribution in [2.45, 2.75) is 20.8 Å². The Morgan fingerprint density at radius 1 is 1.13 bits per heavy atom. The summed E-state index contributed by atoms with van der Waals surface area (Å²) in [6, 6.07) is 5.99. The number of pyridine rings is 1. The Labute approximate surface area is 89.0 Å². The molecule has 2 heteroatoms. The molecule has 0 amide bonds. The summed E-state index contributed by atoms with van der Waals surface area (Å²) >= 11 is 0. The molecule has 0 unspecified atom stereocenters. The lowest BCUT2D eigenvalue weighted by molar-refractivity contribution is 0.112. The summed E-state index contributed by atoms with van der Waals surface area (Å²) in [5, 5.41) is 1.07. The minimum absolute atomic E-state index is 0.678. The van der Waals surface area contributed by atoms with Gasteiger partial charge in [0, 0.05) is 16.6 Å². The van der Waals surface area contributed by atoms with Crippen LogP contribution in [0.4, 0.5) is 0 Å². The van der Waals surface area contributed by atoms with Gasteiger partial charge in [0.25, 0.3) is 0 Å². The standard InChI is InChI=1S/C13H13NO/c1-8-4-11(7-15)13-12(5-8)9(2)6-10(3)14-13/h4-7H,1-3H3. The van der Waals surface area contributed by atoms with Crippen LogP contribution in [0.25, 0.3) is 10.9 Å². The molecule has 76 valence electrons. The van der Waals surface area contributed by atoms with Crippen LogP contribution >= 0.6 is 0 Å². The van der Waals surface area contributed by atoms with Crippen LogP contribution in [0, 0.1) is 20.8 Å². The second-order valence-electron chi connectivity index (χ2n) is 3.95. The monoisotopic (exact) mass is 199 g/mol. The van der Waals surface area contributed by atoms with Crippen LogP contribution < -0.4 is 0 Å². The number of hydrogen-bond acceptors (Lipinski definition) is 2. The van der Waals surface area contributed by atoms with Gasteiger partial charge in [-0.05, 0) is 50.1 Å². The summed E-state index contributed by atoms with van der Waals surface area (Å²) in [5.74, 6) is 0. The highest BCUT2D eigenvalue weighted by molar-refractivity contribution is 5.97. The molecule has 0 radical (unpaired) electrons. The van der Waals surface area contributed by atoms with E-state index < -0.39 is 0 Å². The second kappa shape index (κ2) is 3.46. The number of carbonyl (C=O) groups is 1. The number of aldehydes is 1. The number of fused-ring (bicyclic) bond motifs is 1. The van der Waals surface area contributed by atoms with E-state index in [2.05, 4.69) is 11.1 Å². The van der Waals surface area contributed by atoms with Crippen LogP contribution in [-0.4, -0.2) is 11.3 Å². The van der Waals surface area contributed by atoms with E-state index in [0.29, 0.717) is 5.56 Å². The largest absolute Gasteiger partial charge is 0.298 e. The van der Waals surface area contributed by atoms with E-state index in [1.807, 2.05) is 32.9 Å². The lowest BCUT2D eigenvalue weighted by atomic mass is 10.0. The van der Waals surface area contributed by atoms with Crippen LogP contribution in [0.5, 0.6) is 0 Å². The summed E-state index contributed by atoms with van der Waals surface area (Å²) in [7, 11) is 0. The fraction of sp³-hybridized carbons (Fsp3) is 0.231. The first-order valence-corrected chi connectivity index (χ1v) is 4.95. The third kappa shape index (κ3) is 1.63. The van der Waals surface area contributed by atoms with Crippen molar-refractivity contribution in [3.63, 3.8) is 0 Å². The second-order valence-corrected chi connectivity index (χ2v) is 3.95. The molecule has 15 heavy (non-hydrogen) atoms. The van der Waals surface area contributed by atoms with Crippen molar-refractivity contribution in [2.24, 2.45) is 0 Å². The normalized spacial score (nSPS) is 10.6. The molecule has 0 saturated carbocycles. The molecule has 0 aliphatic heterocycles. The van der Waals surface area contributed by atoms with E-state index in [-0.39, 0.29) is 0 Å². The molecule has 0 atom stereocenters. The average molecular weight is 199 g/mol. The smallest absolute Gasteiger partial charge is 0.152 e. The highest BCUT2D eigenvalue weighted by atomic mass is 16.1. The SMILES string of the molecule is Cc1cc(C=O)c2nc(C)cc(C)c2c1. The van der Waals surface area contributed by atoms with Crippen molar-refractivity contribution in [3.8, 4) is 0 Å². The topological polar surface area (TPSA) is 30.0 Å². The summed E-state index contributed by atoms with van der Waals surface area (Å²) < 4.78 is 0. The number of benzene rings is 1. The number of aromatic nitrogens is 1. The first kappa shape index (κ1) is 9.84. The first-order chi connectivity index (χ1) is 7.11. The Morgan fingerprint density at radius 2 is 1.87 bits per heavy atom. The summed E-state index contributed by atoms with van der Waals surface area (Å²) in [6.45, 7) is 5.98. The number of rotatable bonds is 1. The molecule has 0 saturated heterocycles. The summed E-state index contributed by atoms with van der Waals surface area (Å²) in [5.41, 5.74) is 4.71. The maximum Gasteiger partial charge on any atom is 0.152 e. The molecule has 0 aliphatic rings. The van der Waals surface area contributed by atoms with Crippen molar-refractivity contribution < 1.29 is 4.79 Å². The predicted molar refractivity (Wildman–Crippen MR) is 61.3 cm³/mol. The van der Waals surface area contributed by atoms with Crippen molar-refractivity contribution in [1.82, 2.24) is 4.98 Å². The van der Waals surface area contributed by atoms with E-state index in [1.54, 1.807) is 0 Å². The molecule has 0 spiro atoms. The van der Waals surface area contributed by atoms with E-state index >= 15 is 0 Å². The molecule has 1 heterocycles. The zero-order chi connectivity index (χ0) is 11.0. The third-order valence-corrected chi connectivity index (χ3v) is 2.55. The van der Waals surface area contributed by atoms with Crippen LogP contribution in [-0.2, 0) is 0 Å². The van der Waals surface area contributed by atoms with E-state index in [4.69, 9.17) is 0 Å². The molecule has 2 nitrogen and oxygen atoms in total. The van der Waals surface area contributed by atoms with E-state index in [0.717, 1.165) is 28.4 Å². The van der Waals surface area contributed by atoms with Gasteiger partial charge in [-0.15, -0.1) is 0 Å². The predicted octanol–water partition coefficient (Wildman–Crippen LogP) is 2.97. The minimum Gasteiger partial charge on any atom is -0.298 e. The lowest BCUT2D eigenvalue weighted by Crippen LogP contribution is -1.93. The number of hydrogen-bond donors (Lipinski definition) is 0. The van der Waals surface area contributed by atoms with Gasteiger partial charge in [0.2, 0.25) is 0 Å². The molecule has 0 aliphatic carbocycles. The quantitative estimate of drug-likeness (QED) is 0.661. The minimum atomic E-state index is 0.678. The van der Waals surface area contributed by atoms with Gasteiger partial charge in [-0.1, -0.05) is 0 Å². The van der Waals surface area contributed by atoms with Crippen molar-refractivity contribution in [2.75, 3.05) is 0 Å². The van der Waals surface area contributed by atoms with Crippen molar-refractivity contribution in [3.05, 3.63) is 40.6 Å². The molecular formula is C13H13NO. The molecule has 1 aromatic carbocycles. The van der Waals surface area contributed by atoms with Crippen LogP contribution in [0.3, 0.4) is 0 Å². The van der Waals surface area contributed by atoms with Gasteiger partial charge in [-0.25, -0.2) is 0 Å². The average Bonchev–Trinajstić information content (AvgIpc) is 2.18. The molecule has 2 rings (SSSR count). The number of nitrogens with zero attached hydrogens (tertiary/aromatic N) is 1. The Balaban J connectivity index is 2.95. The Morgan fingerprint density at radius 3 is 2.53 bits per heavy atom. The van der Waals surface area contributed by atoms with Crippen LogP contribution in [0.2, 0.25) is 0 Å². The van der Waals surface area contributed by atoms with Crippen LogP contribution in [0.1, 0.15) is 27.2 Å². The lowest BCUT2D eigenvalue weighted by Gasteiger charge is -2.06. The van der Waals surface area contributed by atoms with Gasteiger partial charge < -0.3 is 0 Å². The number of aryl methyl sites for hydroxylation is 3. The highest BCUT2D eigenvalue weighted by Crippen LogP contribution is 2.22. The molecular weight excluding hydrogens is 186 g/mol. The van der Waals surface area contributed by atoms with E-state index in [9.17, 15) is 4.79 Å². The summed E-state index contributed by atoms with van der Waals surface area (Å²) in [4.78, 5) is 15.4. The molecule has 0 N–H and O–H groups in total. The summed E-state index contributed by atoms with van der Waals surface area (Å²) in [6.07, 6.45) is 0.876. The fourth-order valence-corrected chi connectivity index (χ4v) is 1.92. The zero-order valence-corrected chi connectivity index (χ0v) is 9.16. The van der Waals surface area contributed by atoms with Crippen LogP contribution in [0.15, 0.2) is 18.2 Å². The maximum atomic E-state index is 11.0. The molecule has 0 fully saturated rings. The Bertz CT molecular complexity index is 544. The third-order valence-electron chi connectivity index (χ3n) is 2.55. The van der Waals surface area contributed by atoms with E-state index in [1.165, 1.54) is 5.56 Å². The molecule has 2 aromatic rings. The van der Waals surface area contributed by atoms with Crippen molar-refractivity contribution >= 4 is 17.2 Å². The van der Waals surface area contributed by atoms with Gasteiger partial charge in [-0.2, -0.15) is 0 Å². The fourth-order valence-electron chi connectivity index (χ4n) is 1.92. The van der Waals surface area contributed by atoms with Gasteiger partial charge in [-0.3, -0.25) is 9.78 Å². The van der Waals surface area contributed by atoms with Crippen molar-refractivity contribution in [1.29, 1.82) is 0 Å². The zero-order valence-electron chi connectivity index (χ0n) is 9.16. The first-order valence-electron chi connectivity index (χ1n) is 4.95. The number of carbonyl (C=O) groups excluding carboxylic acids is 1. The Hall–Kier alpha value is -1.70. The Kier molecular flexibility index (Phi) is 2.27. The van der Waals surface area contributed by atoms with Gasteiger partial charge in [0.05, 0.1) is 5.52 Å². The molecule has 0 bridgehead atoms. The van der Waals surface area contributed by atoms with Gasteiger partial charge >= 0.3 is 0 Å². The highest BCUT2D eigenvalue weighted by Gasteiger charge is 2.06.